The number of ether oxygens (including phenoxy) is 1. The van der Waals surface area contributed by atoms with Gasteiger partial charge in [-0.2, -0.15) is 0 Å². The van der Waals surface area contributed by atoms with Crippen LogP contribution in [-0.2, 0) is 0 Å². The molecule has 1 atom stereocenters. The Kier molecular flexibility index (Phi) is 6.05. The minimum atomic E-state index is 0.537. The molecule has 0 amide bonds. The maximum absolute atomic E-state index is 5.60. The van der Waals surface area contributed by atoms with Gasteiger partial charge in [-0.25, -0.2) is 9.97 Å². The molecule has 1 N–H and O–H groups in total. The highest BCUT2D eigenvalue weighted by molar-refractivity contribution is 5.43. The van der Waals surface area contributed by atoms with Crippen LogP contribution in [-0.4, -0.2) is 42.3 Å². The zero-order valence-corrected chi connectivity index (χ0v) is 12.6. The summed E-state index contributed by atoms with van der Waals surface area (Å²) in [5, 5.41) is 3.51. The lowest BCUT2D eigenvalue weighted by atomic mass is 10.2. The van der Waals surface area contributed by atoms with Crippen molar-refractivity contribution in [3.8, 4) is 5.88 Å². The molecule has 0 bridgehead atoms. The molecule has 0 saturated carbocycles. The fourth-order valence-corrected chi connectivity index (χ4v) is 2.57. The summed E-state index contributed by atoms with van der Waals surface area (Å²) in [6, 6.07) is 2.50. The van der Waals surface area contributed by atoms with Gasteiger partial charge in [-0.3, -0.25) is 0 Å². The van der Waals surface area contributed by atoms with E-state index in [2.05, 4.69) is 34.0 Å². The third-order valence-electron chi connectivity index (χ3n) is 3.56. The van der Waals surface area contributed by atoms with Gasteiger partial charge in [0, 0.05) is 25.2 Å². The van der Waals surface area contributed by atoms with Gasteiger partial charge in [0.1, 0.15) is 12.1 Å². The van der Waals surface area contributed by atoms with E-state index in [-0.39, 0.29) is 0 Å². The van der Waals surface area contributed by atoms with Gasteiger partial charge in [0.25, 0.3) is 0 Å². The van der Waals surface area contributed by atoms with E-state index >= 15 is 0 Å². The molecule has 5 nitrogen and oxygen atoms in total. The topological polar surface area (TPSA) is 50.3 Å². The lowest BCUT2D eigenvalue weighted by Crippen LogP contribution is -2.38. The maximum atomic E-state index is 5.60. The lowest BCUT2D eigenvalue weighted by molar-refractivity contribution is 0.304. The van der Waals surface area contributed by atoms with Gasteiger partial charge in [0.05, 0.1) is 6.61 Å². The Hall–Kier alpha value is -1.36. The Bertz CT molecular complexity index is 399. The SMILES string of the molecule is CCCNCC1CCCN1c1cc(OCCC)ncn1. The highest BCUT2D eigenvalue weighted by atomic mass is 16.5. The van der Waals surface area contributed by atoms with Crippen LogP contribution in [0, 0.1) is 0 Å². The van der Waals surface area contributed by atoms with E-state index in [0.717, 1.165) is 31.9 Å². The van der Waals surface area contributed by atoms with Crippen LogP contribution in [0.2, 0.25) is 0 Å². The molecule has 1 aromatic rings. The summed E-state index contributed by atoms with van der Waals surface area (Å²) in [4.78, 5) is 11.0. The van der Waals surface area contributed by atoms with Crippen molar-refractivity contribution < 1.29 is 4.74 Å². The summed E-state index contributed by atoms with van der Waals surface area (Å²) in [5.74, 6) is 1.68. The summed E-state index contributed by atoms with van der Waals surface area (Å²) in [6.45, 7) is 8.18. The van der Waals surface area contributed by atoms with E-state index < -0.39 is 0 Å². The first-order valence-electron chi connectivity index (χ1n) is 7.77. The Morgan fingerprint density at radius 1 is 1.35 bits per heavy atom. The normalized spacial score (nSPS) is 18.5. The number of nitrogens with one attached hydrogen (secondary N) is 1. The summed E-state index contributed by atoms with van der Waals surface area (Å²) in [7, 11) is 0. The van der Waals surface area contributed by atoms with Crippen LogP contribution in [0.4, 0.5) is 5.82 Å². The lowest BCUT2D eigenvalue weighted by Gasteiger charge is -2.26. The van der Waals surface area contributed by atoms with Gasteiger partial charge >= 0.3 is 0 Å². The van der Waals surface area contributed by atoms with Crippen LogP contribution in [0.3, 0.4) is 0 Å². The molecule has 1 fully saturated rings. The Labute approximate surface area is 121 Å². The number of anilines is 1. The summed E-state index contributed by atoms with van der Waals surface area (Å²) in [6.07, 6.45) is 6.23. The molecule has 5 heteroatoms. The van der Waals surface area contributed by atoms with Crippen LogP contribution in [0.15, 0.2) is 12.4 Å². The minimum absolute atomic E-state index is 0.537. The molecule has 1 aromatic heterocycles. The van der Waals surface area contributed by atoms with Crippen molar-refractivity contribution in [2.75, 3.05) is 31.1 Å². The molecule has 0 spiro atoms. The molecule has 0 radical (unpaired) electrons. The number of nitrogens with zero attached hydrogens (tertiary/aromatic N) is 3. The molecular weight excluding hydrogens is 252 g/mol. The van der Waals surface area contributed by atoms with E-state index in [1.54, 1.807) is 6.33 Å². The molecule has 1 aliphatic heterocycles. The second-order valence-electron chi connectivity index (χ2n) is 5.26. The van der Waals surface area contributed by atoms with Gasteiger partial charge in [-0.1, -0.05) is 13.8 Å². The highest BCUT2D eigenvalue weighted by Gasteiger charge is 2.25. The second-order valence-corrected chi connectivity index (χ2v) is 5.26. The average Bonchev–Trinajstić information content (AvgIpc) is 2.94. The third-order valence-corrected chi connectivity index (χ3v) is 3.56. The fourth-order valence-electron chi connectivity index (χ4n) is 2.57. The van der Waals surface area contributed by atoms with E-state index in [0.29, 0.717) is 18.5 Å². The fraction of sp³-hybridized carbons (Fsp3) is 0.733. The molecule has 2 heterocycles. The number of hydrogen-bond acceptors (Lipinski definition) is 5. The summed E-state index contributed by atoms with van der Waals surface area (Å²) >= 11 is 0. The molecule has 0 aromatic carbocycles. The van der Waals surface area contributed by atoms with Crippen molar-refractivity contribution in [1.82, 2.24) is 15.3 Å². The van der Waals surface area contributed by atoms with Crippen LogP contribution in [0.1, 0.15) is 39.5 Å². The molecule has 20 heavy (non-hydrogen) atoms. The largest absolute Gasteiger partial charge is 0.478 e. The first-order chi connectivity index (χ1) is 9.85. The van der Waals surface area contributed by atoms with Crippen LogP contribution < -0.4 is 15.0 Å². The van der Waals surface area contributed by atoms with E-state index in [1.807, 2.05) is 6.07 Å². The Morgan fingerprint density at radius 2 is 2.25 bits per heavy atom. The molecule has 1 saturated heterocycles. The summed E-state index contributed by atoms with van der Waals surface area (Å²) < 4.78 is 5.60. The average molecular weight is 278 g/mol. The zero-order valence-electron chi connectivity index (χ0n) is 12.6. The third kappa shape index (κ3) is 4.07. The number of hydrogen-bond donors (Lipinski definition) is 1. The molecule has 0 aliphatic carbocycles. The number of rotatable bonds is 8. The smallest absolute Gasteiger partial charge is 0.218 e. The molecule has 112 valence electrons. The van der Waals surface area contributed by atoms with Crippen molar-refractivity contribution in [1.29, 1.82) is 0 Å². The summed E-state index contributed by atoms with van der Waals surface area (Å²) in [5.41, 5.74) is 0. The van der Waals surface area contributed by atoms with Gasteiger partial charge in [0.15, 0.2) is 0 Å². The second kappa shape index (κ2) is 8.04. The standard InChI is InChI=1S/C15H26N4O/c1-3-7-16-11-13-6-5-8-19(13)14-10-15(18-12-17-14)20-9-4-2/h10,12-13,16H,3-9,11H2,1-2H3. The predicted molar refractivity (Wildman–Crippen MR) is 81.3 cm³/mol. The van der Waals surface area contributed by atoms with Gasteiger partial charge in [-0.15, -0.1) is 0 Å². The number of aromatic nitrogens is 2. The van der Waals surface area contributed by atoms with E-state index in [4.69, 9.17) is 4.74 Å². The minimum Gasteiger partial charge on any atom is -0.478 e. The molecule has 2 rings (SSSR count). The monoisotopic (exact) mass is 278 g/mol. The van der Waals surface area contributed by atoms with E-state index in [9.17, 15) is 0 Å². The first-order valence-corrected chi connectivity index (χ1v) is 7.77. The van der Waals surface area contributed by atoms with Crippen molar-refractivity contribution >= 4 is 5.82 Å². The Balaban J connectivity index is 1.97. The van der Waals surface area contributed by atoms with E-state index in [1.165, 1.54) is 19.3 Å². The Morgan fingerprint density at radius 3 is 3.05 bits per heavy atom. The van der Waals surface area contributed by atoms with Gasteiger partial charge in [-0.05, 0) is 32.2 Å². The predicted octanol–water partition coefficient (Wildman–Crippen LogP) is 2.23. The van der Waals surface area contributed by atoms with Crippen LogP contribution in [0.25, 0.3) is 0 Å². The van der Waals surface area contributed by atoms with Crippen molar-refractivity contribution in [2.24, 2.45) is 0 Å². The van der Waals surface area contributed by atoms with Crippen LogP contribution in [0.5, 0.6) is 5.88 Å². The molecular formula is C15H26N4O. The quantitative estimate of drug-likeness (QED) is 0.739. The van der Waals surface area contributed by atoms with Crippen molar-refractivity contribution in [3.05, 3.63) is 12.4 Å². The van der Waals surface area contributed by atoms with Crippen molar-refractivity contribution in [2.45, 2.75) is 45.6 Å². The molecule has 1 aliphatic rings. The molecule has 1 unspecified atom stereocenters. The zero-order chi connectivity index (χ0) is 14.2. The van der Waals surface area contributed by atoms with Crippen LogP contribution >= 0.6 is 0 Å². The van der Waals surface area contributed by atoms with Gasteiger partial charge in [0.2, 0.25) is 5.88 Å². The van der Waals surface area contributed by atoms with Gasteiger partial charge < -0.3 is 15.0 Å². The van der Waals surface area contributed by atoms with Crippen molar-refractivity contribution in [3.63, 3.8) is 0 Å². The highest BCUT2D eigenvalue weighted by Crippen LogP contribution is 2.25. The maximum Gasteiger partial charge on any atom is 0.218 e. The first kappa shape index (κ1) is 15.0.